The van der Waals surface area contributed by atoms with E-state index in [0.717, 1.165) is 41.0 Å². The van der Waals surface area contributed by atoms with Crippen molar-refractivity contribution in [1.29, 1.82) is 0 Å². The average molecular weight is 450 g/mol. The molecule has 1 unspecified atom stereocenters. The molecule has 10 heteroatoms. The first kappa shape index (κ1) is 21.4. The highest BCUT2D eigenvalue weighted by Crippen LogP contribution is 2.31. The molecule has 33 heavy (non-hydrogen) atoms. The van der Waals surface area contributed by atoms with Crippen LogP contribution in [0.4, 0.5) is 5.82 Å². The van der Waals surface area contributed by atoms with Gasteiger partial charge in [-0.05, 0) is 25.0 Å². The molecule has 172 valence electrons. The zero-order chi connectivity index (χ0) is 22.9. The molecule has 0 aliphatic heterocycles. The van der Waals surface area contributed by atoms with E-state index in [1.807, 2.05) is 31.4 Å². The molecule has 1 fully saturated rings. The second kappa shape index (κ2) is 8.80. The Bertz CT molecular complexity index is 1310. The zero-order valence-corrected chi connectivity index (χ0v) is 18.9. The molecule has 0 spiro atoms. The molecule has 4 aromatic heterocycles. The highest BCUT2D eigenvalue weighted by Gasteiger charge is 2.33. The third-order valence-corrected chi connectivity index (χ3v) is 6.25. The van der Waals surface area contributed by atoms with Crippen molar-refractivity contribution in [1.82, 2.24) is 29.5 Å². The first-order valence-electron chi connectivity index (χ1n) is 11.0. The first-order chi connectivity index (χ1) is 16.1. The average Bonchev–Trinajstić information content (AvgIpc) is 3.42. The molecule has 0 bridgehead atoms. The van der Waals surface area contributed by atoms with Crippen LogP contribution in [0.5, 0.6) is 0 Å². The van der Waals surface area contributed by atoms with Gasteiger partial charge < -0.3 is 24.7 Å². The molecule has 1 aliphatic carbocycles. The fraction of sp³-hybridized carbons (Fsp3) is 0.391. The summed E-state index contributed by atoms with van der Waals surface area (Å²) in [5.41, 5.74) is 3.44. The number of pyridine rings is 1. The Labute approximate surface area is 190 Å². The van der Waals surface area contributed by atoms with Gasteiger partial charge in [-0.3, -0.25) is 4.79 Å². The van der Waals surface area contributed by atoms with E-state index >= 15 is 0 Å². The van der Waals surface area contributed by atoms with Crippen LogP contribution >= 0.6 is 0 Å². The number of methoxy groups -OCH3 is 2. The quantitative estimate of drug-likeness (QED) is 0.425. The van der Waals surface area contributed by atoms with E-state index in [9.17, 15) is 4.79 Å². The van der Waals surface area contributed by atoms with Gasteiger partial charge in [-0.2, -0.15) is 9.61 Å². The van der Waals surface area contributed by atoms with Crippen molar-refractivity contribution in [2.45, 2.75) is 31.5 Å². The SMILES string of the molecule is CNc1cc(-c2cn(CCOC)c3ncccc23)nc2c(C(=O)NC3CC[C@H]3OC)cnn12. The number of hydrogen-bond acceptors (Lipinski definition) is 7. The summed E-state index contributed by atoms with van der Waals surface area (Å²) in [6, 6.07) is 5.87. The van der Waals surface area contributed by atoms with Gasteiger partial charge in [0.2, 0.25) is 0 Å². The maximum atomic E-state index is 13.1. The lowest BCUT2D eigenvalue weighted by molar-refractivity contribution is 0.00732. The highest BCUT2D eigenvalue weighted by atomic mass is 16.5. The summed E-state index contributed by atoms with van der Waals surface area (Å²) in [6.07, 6.45) is 7.27. The molecule has 2 atom stereocenters. The Kier molecular flexibility index (Phi) is 5.69. The molecule has 1 amide bonds. The van der Waals surface area contributed by atoms with E-state index in [0.29, 0.717) is 24.4 Å². The summed E-state index contributed by atoms with van der Waals surface area (Å²) >= 11 is 0. The summed E-state index contributed by atoms with van der Waals surface area (Å²) in [5.74, 6) is 0.529. The Morgan fingerprint density at radius 1 is 1.27 bits per heavy atom. The number of rotatable bonds is 8. The van der Waals surface area contributed by atoms with Crippen LogP contribution in [0, 0.1) is 0 Å². The van der Waals surface area contributed by atoms with Gasteiger partial charge in [-0.15, -0.1) is 0 Å². The Balaban J connectivity index is 1.59. The molecule has 0 saturated heterocycles. The molecular formula is C23H27N7O3. The number of anilines is 1. The number of nitrogens with zero attached hydrogens (tertiary/aromatic N) is 5. The van der Waals surface area contributed by atoms with Crippen molar-refractivity contribution in [2.75, 3.05) is 33.2 Å². The standard InChI is InChI=1S/C23H27N7O3/c1-24-20-11-18(16-13-29(9-10-32-2)21-14(16)5-4-8-25-21)27-22-15(12-26-30(20)22)23(31)28-17-6-7-19(17)33-3/h4-5,8,11-13,17,19,24H,6-7,9-10H2,1-3H3,(H,28,31)/t17?,19-/m1/s1. The van der Waals surface area contributed by atoms with Gasteiger partial charge in [-0.25, -0.2) is 9.97 Å². The second-order valence-corrected chi connectivity index (χ2v) is 8.11. The molecule has 0 aromatic carbocycles. The number of fused-ring (bicyclic) bond motifs is 2. The number of carbonyl (C=O) groups is 1. The molecule has 1 saturated carbocycles. The summed E-state index contributed by atoms with van der Waals surface area (Å²) < 4.78 is 14.4. The molecule has 4 aromatic rings. The van der Waals surface area contributed by atoms with Crippen LogP contribution in [0.25, 0.3) is 27.9 Å². The van der Waals surface area contributed by atoms with Crippen molar-refractivity contribution >= 4 is 28.4 Å². The predicted molar refractivity (Wildman–Crippen MR) is 124 cm³/mol. The monoisotopic (exact) mass is 449 g/mol. The van der Waals surface area contributed by atoms with Crippen LogP contribution in [0.3, 0.4) is 0 Å². The van der Waals surface area contributed by atoms with E-state index in [2.05, 4.69) is 25.3 Å². The maximum Gasteiger partial charge on any atom is 0.257 e. The van der Waals surface area contributed by atoms with Gasteiger partial charge in [0, 0.05) is 57.2 Å². The van der Waals surface area contributed by atoms with Gasteiger partial charge >= 0.3 is 0 Å². The van der Waals surface area contributed by atoms with E-state index in [4.69, 9.17) is 14.5 Å². The third kappa shape index (κ3) is 3.70. The summed E-state index contributed by atoms with van der Waals surface area (Å²) in [6.45, 7) is 1.25. The van der Waals surface area contributed by atoms with Crippen molar-refractivity contribution < 1.29 is 14.3 Å². The lowest BCUT2D eigenvalue weighted by Gasteiger charge is -2.35. The van der Waals surface area contributed by atoms with E-state index in [1.165, 1.54) is 0 Å². The number of ether oxygens (including phenoxy) is 2. The molecule has 0 radical (unpaired) electrons. The van der Waals surface area contributed by atoms with E-state index < -0.39 is 0 Å². The molecule has 10 nitrogen and oxygen atoms in total. The minimum atomic E-state index is -0.201. The topological polar surface area (TPSA) is 108 Å². The Morgan fingerprint density at radius 3 is 2.88 bits per heavy atom. The van der Waals surface area contributed by atoms with Crippen LogP contribution in [0.15, 0.2) is 36.8 Å². The van der Waals surface area contributed by atoms with Gasteiger partial charge in [-0.1, -0.05) is 0 Å². The van der Waals surface area contributed by atoms with E-state index in [-0.39, 0.29) is 18.1 Å². The normalized spacial score (nSPS) is 17.9. The van der Waals surface area contributed by atoms with Crippen LogP contribution in [-0.2, 0) is 16.0 Å². The summed E-state index contributed by atoms with van der Waals surface area (Å²) in [4.78, 5) is 22.5. The number of amides is 1. The summed E-state index contributed by atoms with van der Waals surface area (Å²) in [7, 11) is 5.17. The zero-order valence-electron chi connectivity index (χ0n) is 18.9. The van der Waals surface area contributed by atoms with Crippen molar-refractivity contribution in [3.8, 4) is 11.3 Å². The lowest BCUT2D eigenvalue weighted by atomic mass is 9.89. The molecular weight excluding hydrogens is 422 g/mol. The fourth-order valence-corrected chi connectivity index (χ4v) is 4.29. The molecule has 1 aliphatic rings. The van der Waals surface area contributed by atoms with Crippen molar-refractivity contribution in [3.63, 3.8) is 0 Å². The largest absolute Gasteiger partial charge is 0.383 e. The molecule has 4 heterocycles. The van der Waals surface area contributed by atoms with Crippen molar-refractivity contribution in [3.05, 3.63) is 42.4 Å². The second-order valence-electron chi connectivity index (χ2n) is 8.11. The number of carbonyl (C=O) groups excluding carboxylic acids is 1. The maximum absolute atomic E-state index is 13.1. The van der Waals surface area contributed by atoms with Crippen LogP contribution in [0.2, 0.25) is 0 Å². The minimum absolute atomic E-state index is 0.00855. The van der Waals surface area contributed by atoms with Gasteiger partial charge in [0.05, 0.1) is 30.6 Å². The van der Waals surface area contributed by atoms with Crippen LogP contribution < -0.4 is 10.6 Å². The molecule has 2 N–H and O–H groups in total. The van der Waals surface area contributed by atoms with Gasteiger partial charge in [0.15, 0.2) is 5.65 Å². The number of aromatic nitrogens is 5. The minimum Gasteiger partial charge on any atom is -0.383 e. The Morgan fingerprint density at radius 2 is 2.15 bits per heavy atom. The van der Waals surface area contributed by atoms with Crippen LogP contribution in [-0.4, -0.2) is 70.1 Å². The van der Waals surface area contributed by atoms with Gasteiger partial charge in [0.1, 0.15) is 17.0 Å². The predicted octanol–water partition coefficient (Wildman–Crippen LogP) is 2.34. The fourth-order valence-electron chi connectivity index (χ4n) is 4.29. The Hall–Kier alpha value is -3.50. The highest BCUT2D eigenvalue weighted by molar-refractivity contribution is 6.01. The molecule has 5 rings (SSSR count). The van der Waals surface area contributed by atoms with E-state index in [1.54, 1.807) is 31.1 Å². The smallest absolute Gasteiger partial charge is 0.257 e. The number of nitrogens with one attached hydrogen (secondary N) is 2. The van der Waals surface area contributed by atoms with Crippen LogP contribution in [0.1, 0.15) is 23.2 Å². The number of hydrogen-bond donors (Lipinski definition) is 2. The lowest BCUT2D eigenvalue weighted by Crippen LogP contribution is -2.51. The summed E-state index contributed by atoms with van der Waals surface area (Å²) in [5, 5.41) is 11.6. The van der Waals surface area contributed by atoms with Crippen molar-refractivity contribution in [2.24, 2.45) is 0 Å². The van der Waals surface area contributed by atoms with Gasteiger partial charge in [0.25, 0.3) is 5.91 Å². The first-order valence-corrected chi connectivity index (χ1v) is 11.0. The third-order valence-electron chi connectivity index (χ3n) is 6.25.